The Bertz CT molecular complexity index is 448. The molecule has 1 saturated heterocycles. The SMILES string of the molecule is COc1ccc(N2CCC(CNC3CC3)C2)cc1F. The van der Waals surface area contributed by atoms with Gasteiger partial charge in [-0.3, -0.25) is 0 Å². The monoisotopic (exact) mass is 264 g/mol. The van der Waals surface area contributed by atoms with Crippen LogP contribution in [0.4, 0.5) is 10.1 Å². The molecule has 4 heteroatoms. The highest BCUT2D eigenvalue weighted by molar-refractivity contribution is 5.50. The summed E-state index contributed by atoms with van der Waals surface area (Å²) in [6.45, 7) is 3.13. The van der Waals surface area contributed by atoms with Crippen molar-refractivity contribution in [3.8, 4) is 5.75 Å². The summed E-state index contributed by atoms with van der Waals surface area (Å²) in [5, 5.41) is 3.58. The maximum Gasteiger partial charge on any atom is 0.167 e. The highest BCUT2D eigenvalue weighted by atomic mass is 19.1. The van der Waals surface area contributed by atoms with E-state index in [0.29, 0.717) is 11.7 Å². The van der Waals surface area contributed by atoms with Crippen LogP contribution in [0.2, 0.25) is 0 Å². The van der Waals surface area contributed by atoms with Crippen LogP contribution in [-0.2, 0) is 0 Å². The third-order valence-corrected chi connectivity index (χ3v) is 4.06. The fourth-order valence-corrected chi connectivity index (χ4v) is 2.71. The number of anilines is 1. The lowest BCUT2D eigenvalue weighted by atomic mass is 10.1. The first-order valence-electron chi connectivity index (χ1n) is 7.08. The molecular weight excluding hydrogens is 243 g/mol. The van der Waals surface area contributed by atoms with Gasteiger partial charge in [-0.2, -0.15) is 0 Å². The van der Waals surface area contributed by atoms with Gasteiger partial charge in [0.1, 0.15) is 0 Å². The molecule has 1 saturated carbocycles. The van der Waals surface area contributed by atoms with Gasteiger partial charge >= 0.3 is 0 Å². The number of halogens is 1. The lowest BCUT2D eigenvalue weighted by Gasteiger charge is -2.19. The number of methoxy groups -OCH3 is 1. The Kier molecular flexibility index (Phi) is 3.60. The standard InChI is InChI=1S/C15H21FN2O/c1-19-15-5-4-13(8-14(15)16)18-7-6-11(10-18)9-17-12-2-3-12/h4-5,8,11-12,17H,2-3,6-7,9-10H2,1H3. The molecule has 104 valence electrons. The van der Waals surface area contributed by atoms with Gasteiger partial charge in [-0.1, -0.05) is 0 Å². The number of rotatable bonds is 5. The van der Waals surface area contributed by atoms with Crippen LogP contribution < -0.4 is 15.0 Å². The zero-order valence-electron chi connectivity index (χ0n) is 11.4. The van der Waals surface area contributed by atoms with E-state index in [-0.39, 0.29) is 5.82 Å². The number of hydrogen-bond acceptors (Lipinski definition) is 3. The van der Waals surface area contributed by atoms with E-state index < -0.39 is 0 Å². The summed E-state index contributed by atoms with van der Waals surface area (Å²) in [6.07, 6.45) is 3.85. The van der Waals surface area contributed by atoms with E-state index in [1.165, 1.54) is 26.4 Å². The van der Waals surface area contributed by atoms with E-state index in [0.717, 1.165) is 31.4 Å². The van der Waals surface area contributed by atoms with E-state index >= 15 is 0 Å². The molecule has 1 aromatic rings. The highest BCUT2D eigenvalue weighted by Crippen LogP contribution is 2.28. The van der Waals surface area contributed by atoms with Gasteiger partial charge in [-0.15, -0.1) is 0 Å². The highest BCUT2D eigenvalue weighted by Gasteiger charge is 2.26. The van der Waals surface area contributed by atoms with Gasteiger partial charge < -0.3 is 15.0 Å². The Balaban J connectivity index is 1.58. The minimum Gasteiger partial charge on any atom is -0.494 e. The third-order valence-electron chi connectivity index (χ3n) is 4.06. The summed E-state index contributed by atoms with van der Waals surface area (Å²) in [5.41, 5.74) is 0.965. The van der Waals surface area contributed by atoms with Crippen LogP contribution >= 0.6 is 0 Å². The summed E-state index contributed by atoms with van der Waals surface area (Å²) in [7, 11) is 1.49. The van der Waals surface area contributed by atoms with Crippen molar-refractivity contribution >= 4 is 5.69 Å². The van der Waals surface area contributed by atoms with Crippen LogP contribution in [0.3, 0.4) is 0 Å². The lowest BCUT2D eigenvalue weighted by molar-refractivity contribution is 0.386. The van der Waals surface area contributed by atoms with Gasteiger partial charge in [-0.25, -0.2) is 4.39 Å². The van der Waals surface area contributed by atoms with Crippen molar-refractivity contribution < 1.29 is 9.13 Å². The third kappa shape index (κ3) is 3.00. The van der Waals surface area contributed by atoms with Crippen LogP contribution in [0.1, 0.15) is 19.3 Å². The molecule has 1 heterocycles. The number of nitrogens with zero attached hydrogens (tertiary/aromatic N) is 1. The average molecular weight is 264 g/mol. The molecule has 1 aromatic carbocycles. The number of hydrogen-bond donors (Lipinski definition) is 1. The molecule has 19 heavy (non-hydrogen) atoms. The smallest absolute Gasteiger partial charge is 0.167 e. The molecule has 0 amide bonds. The molecule has 2 fully saturated rings. The average Bonchev–Trinajstić information content (AvgIpc) is 3.13. The van der Waals surface area contributed by atoms with Crippen LogP contribution in [0, 0.1) is 11.7 Å². The molecule has 1 unspecified atom stereocenters. The van der Waals surface area contributed by atoms with Crippen molar-refractivity contribution in [1.82, 2.24) is 5.32 Å². The quantitative estimate of drug-likeness (QED) is 0.884. The van der Waals surface area contributed by atoms with Crippen molar-refractivity contribution in [2.75, 3.05) is 31.6 Å². The molecule has 0 aromatic heterocycles. The fraction of sp³-hybridized carbons (Fsp3) is 0.600. The van der Waals surface area contributed by atoms with Crippen molar-refractivity contribution in [2.24, 2.45) is 5.92 Å². The zero-order valence-corrected chi connectivity index (χ0v) is 11.4. The fourth-order valence-electron chi connectivity index (χ4n) is 2.71. The Hall–Kier alpha value is -1.29. The van der Waals surface area contributed by atoms with Crippen LogP contribution in [0.15, 0.2) is 18.2 Å². The molecule has 1 atom stereocenters. The topological polar surface area (TPSA) is 24.5 Å². The molecule has 1 N–H and O–H groups in total. The maximum atomic E-state index is 13.7. The van der Waals surface area contributed by atoms with Crippen molar-refractivity contribution in [2.45, 2.75) is 25.3 Å². The van der Waals surface area contributed by atoms with Gasteiger partial charge in [-0.05, 0) is 43.9 Å². The molecule has 2 aliphatic rings. The summed E-state index contributed by atoms with van der Waals surface area (Å²) >= 11 is 0. The van der Waals surface area contributed by atoms with E-state index in [1.54, 1.807) is 12.1 Å². The Morgan fingerprint density at radius 2 is 2.21 bits per heavy atom. The second-order valence-electron chi connectivity index (χ2n) is 5.60. The van der Waals surface area contributed by atoms with E-state index in [2.05, 4.69) is 10.2 Å². The van der Waals surface area contributed by atoms with Crippen molar-refractivity contribution in [3.05, 3.63) is 24.0 Å². The minimum atomic E-state index is -0.278. The Labute approximate surface area is 113 Å². The normalized spacial score (nSPS) is 22.8. The predicted octanol–water partition coefficient (Wildman–Crippen LogP) is 2.41. The number of ether oxygens (including phenoxy) is 1. The van der Waals surface area contributed by atoms with E-state index in [4.69, 9.17) is 4.74 Å². The Morgan fingerprint density at radius 1 is 1.37 bits per heavy atom. The number of nitrogens with one attached hydrogen (secondary N) is 1. The first-order chi connectivity index (χ1) is 9.26. The summed E-state index contributed by atoms with van der Waals surface area (Å²) in [5.74, 6) is 0.722. The van der Waals surface area contributed by atoms with Gasteiger partial charge in [0.2, 0.25) is 0 Å². The zero-order chi connectivity index (χ0) is 13.2. The van der Waals surface area contributed by atoms with Crippen molar-refractivity contribution in [3.63, 3.8) is 0 Å². The Morgan fingerprint density at radius 3 is 2.89 bits per heavy atom. The van der Waals surface area contributed by atoms with Crippen LogP contribution in [0.25, 0.3) is 0 Å². The molecule has 1 aliphatic carbocycles. The predicted molar refractivity (Wildman–Crippen MR) is 74.3 cm³/mol. The van der Waals surface area contributed by atoms with Gasteiger partial charge in [0.05, 0.1) is 7.11 Å². The van der Waals surface area contributed by atoms with E-state index in [9.17, 15) is 4.39 Å². The first kappa shape index (κ1) is 12.7. The maximum absolute atomic E-state index is 13.7. The van der Waals surface area contributed by atoms with Gasteiger partial charge in [0.15, 0.2) is 11.6 Å². The summed E-state index contributed by atoms with van der Waals surface area (Å²) in [4.78, 5) is 2.27. The van der Waals surface area contributed by atoms with Crippen LogP contribution in [0.5, 0.6) is 5.75 Å². The molecule has 3 nitrogen and oxygen atoms in total. The summed E-state index contributed by atoms with van der Waals surface area (Å²) in [6, 6.07) is 6.00. The van der Waals surface area contributed by atoms with Crippen molar-refractivity contribution in [1.29, 1.82) is 0 Å². The number of benzene rings is 1. The molecule has 0 radical (unpaired) electrons. The van der Waals surface area contributed by atoms with Gasteiger partial charge in [0.25, 0.3) is 0 Å². The second-order valence-corrected chi connectivity index (χ2v) is 5.60. The molecule has 0 bridgehead atoms. The minimum absolute atomic E-state index is 0.278. The molecule has 3 rings (SSSR count). The second kappa shape index (κ2) is 5.37. The van der Waals surface area contributed by atoms with Gasteiger partial charge in [0, 0.05) is 30.9 Å². The first-order valence-corrected chi connectivity index (χ1v) is 7.08. The molecular formula is C15H21FN2O. The summed E-state index contributed by atoms with van der Waals surface area (Å²) < 4.78 is 18.7. The molecule has 0 spiro atoms. The largest absolute Gasteiger partial charge is 0.494 e. The molecule has 1 aliphatic heterocycles. The van der Waals surface area contributed by atoms with E-state index in [1.807, 2.05) is 6.07 Å². The lowest BCUT2D eigenvalue weighted by Crippen LogP contribution is -2.27. The van der Waals surface area contributed by atoms with Crippen LogP contribution in [-0.4, -0.2) is 32.8 Å².